The molecule has 0 bridgehead atoms. The van der Waals surface area contributed by atoms with Crippen LogP contribution in [0.3, 0.4) is 0 Å². The third-order valence-corrected chi connectivity index (χ3v) is 8.13. The Kier molecular flexibility index (Phi) is 7.07. The van der Waals surface area contributed by atoms with Crippen LogP contribution in [0.1, 0.15) is 0 Å². The maximum atomic E-state index is 15.2. The van der Waals surface area contributed by atoms with E-state index in [1.807, 2.05) is 0 Å². The number of anilines is 1. The largest absolute Gasteiger partial charge is 0.490 e. The van der Waals surface area contributed by atoms with Crippen LogP contribution in [0.5, 0.6) is 0 Å². The molecule has 34 heavy (non-hydrogen) atoms. The van der Waals surface area contributed by atoms with Crippen molar-refractivity contribution in [3.8, 4) is 0 Å². The van der Waals surface area contributed by atoms with E-state index in [4.69, 9.17) is 25.2 Å². The van der Waals surface area contributed by atoms with E-state index < -0.39 is 59.7 Å². The summed E-state index contributed by atoms with van der Waals surface area (Å²) in [5.74, 6) is -0.350. The summed E-state index contributed by atoms with van der Waals surface area (Å²) in [5.41, 5.74) is 1.93. The number of H-pyrrole nitrogens is 1. The molecule has 6 atom stereocenters. The molecule has 1 saturated heterocycles. The average molecular weight is 551 g/mol. The van der Waals surface area contributed by atoms with Gasteiger partial charge in [0.25, 0.3) is 5.56 Å². The van der Waals surface area contributed by atoms with E-state index in [0.29, 0.717) is 0 Å². The second-order valence-electron chi connectivity index (χ2n) is 6.63. The van der Waals surface area contributed by atoms with E-state index in [9.17, 15) is 28.5 Å². The maximum absolute atomic E-state index is 15.2. The number of aliphatic hydroxyl groups is 1. The Hall–Kier alpha value is -1.85. The summed E-state index contributed by atoms with van der Waals surface area (Å²) >= 11 is 0. The number of rotatable bonds is 9. The molecule has 18 nitrogen and oxygen atoms in total. The van der Waals surface area contributed by atoms with Crippen molar-refractivity contribution >= 4 is 40.6 Å². The average Bonchev–Trinajstić information content (AvgIpc) is 3.18. The van der Waals surface area contributed by atoms with Crippen molar-refractivity contribution in [1.82, 2.24) is 19.5 Å². The number of aromatic amines is 1. The lowest BCUT2D eigenvalue weighted by Gasteiger charge is -2.29. The molecule has 2 aromatic heterocycles. The molecule has 6 unspecified atom stereocenters. The molecule has 0 saturated carbocycles. The van der Waals surface area contributed by atoms with Crippen LogP contribution in [-0.4, -0.2) is 69.2 Å². The summed E-state index contributed by atoms with van der Waals surface area (Å²) in [7, 11) is -17.0. The van der Waals surface area contributed by atoms with Gasteiger partial charge < -0.3 is 35.2 Å². The van der Waals surface area contributed by atoms with Crippen molar-refractivity contribution in [1.29, 1.82) is 0 Å². The predicted octanol–water partition coefficient (Wildman–Crippen LogP) is -1.02. The van der Waals surface area contributed by atoms with Crippen molar-refractivity contribution in [2.75, 3.05) is 12.3 Å². The highest BCUT2D eigenvalue weighted by Crippen LogP contribution is 2.66. The summed E-state index contributed by atoms with van der Waals surface area (Å²) in [4.78, 5) is 57.6. The van der Waals surface area contributed by atoms with Crippen LogP contribution < -0.4 is 11.3 Å². The van der Waals surface area contributed by atoms with Crippen LogP contribution in [0.25, 0.3) is 11.2 Å². The second-order valence-corrected chi connectivity index (χ2v) is 11.0. The van der Waals surface area contributed by atoms with Crippen molar-refractivity contribution in [3.63, 3.8) is 0 Å². The van der Waals surface area contributed by atoms with Gasteiger partial charge >= 0.3 is 23.5 Å². The van der Waals surface area contributed by atoms with Gasteiger partial charge in [-0.15, -0.1) is 0 Å². The fourth-order valence-electron chi connectivity index (χ4n) is 3.04. The molecule has 3 rings (SSSR count). The lowest BCUT2D eigenvalue weighted by atomic mass is 10.0. The van der Waals surface area contributed by atoms with Crippen LogP contribution in [0.2, 0.25) is 0 Å². The SMILES string of the molecule is C=CC1(n2cnc3c(=O)[nH]c(N)nc32)OC(COP(=O)(O)OP(=O)(O)OP(=O)(O)O)C(O)C1F. The number of aromatic nitrogens is 4. The third-order valence-electron chi connectivity index (χ3n) is 4.33. The number of imidazole rings is 1. The molecule has 0 spiro atoms. The number of nitrogens with one attached hydrogen (secondary N) is 1. The van der Waals surface area contributed by atoms with E-state index in [1.165, 1.54) is 0 Å². The number of halogens is 1. The Morgan fingerprint density at radius 3 is 2.53 bits per heavy atom. The van der Waals surface area contributed by atoms with Gasteiger partial charge in [-0.05, 0) is 6.08 Å². The quantitative estimate of drug-likeness (QED) is 0.145. The van der Waals surface area contributed by atoms with E-state index >= 15 is 4.39 Å². The molecule has 0 amide bonds. The number of aliphatic hydroxyl groups excluding tert-OH is 1. The van der Waals surface area contributed by atoms with Crippen LogP contribution in [0, 0.1) is 0 Å². The molecule has 0 aliphatic carbocycles. The Labute approximate surface area is 187 Å². The number of ether oxygens (including phenoxy) is 1. The third kappa shape index (κ3) is 5.36. The number of fused-ring (bicyclic) bond motifs is 1. The molecule has 1 fully saturated rings. The molecule has 1 aliphatic heterocycles. The zero-order valence-corrected chi connectivity index (χ0v) is 19.1. The highest BCUT2D eigenvalue weighted by Gasteiger charge is 2.56. The van der Waals surface area contributed by atoms with Crippen molar-refractivity contribution in [2.45, 2.75) is 24.1 Å². The maximum Gasteiger partial charge on any atom is 0.490 e. The number of nitrogens with two attached hydrogens (primary N) is 1. The number of hydrogen-bond acceptors (Lipinski definition) is 12. The van der Waals surface area contributed by atoms with Gasteiger partial charge in [0, 0.05) is 0 Å². The van der Waals surface area contributed by atoms with Crippen LogP contribution in [0.15, 0.2) is 23.8 Å². The first kappa shape index (κ1) is 26.7. The van der Waals surface area contributed by atoms with Gasteiger partial charge in [0.1, 0.15) is 18.5 Å². The lowest BCUT2D eigenvalue weighted by Crippen LogP contribution is -2.41. The van der Waals surface area contributed by atoms with Gasteiger partial charge in [0.15, 0.2) is 17.3 Å². The Bertz CT molecular complexity index is 1310. The molecule has 0 radical (unpaired) electrons. The monoisotopic (exact) mass is 551 g/mol. The number of phosphoric ester groups is 1. The fourth-order valence-corrected chi connectivity index (χ4v) is 6.07. The summed E-state index contributed by atoms with van der Waals surface area (Å²) in [6, 6.07) is 0. The van der Waals surface area contributed by atoms with Gasteiger partial charge in [-0.1, -0.05) is 6.58 Å². The van der Waals surface area contributed by atoms with Crippen molar-refractivity contribution in [3.05, 3.63) is 29.3 Å². The first-order valence-corrected chi connectivity index (χ1v) is 13.2. The van der Waals surface area contributed by atoms with Gasteiger partial charge in [0.05, 0.1) is 6.61 Å². The molecule has 22 heteroatoms. The summed E-state index contributed by atoms with van der Waals surface area (Å²) in [6.45, 7) is 2.28. The summed E-state index contributed by atoms with van der Waals surface area (Å²) < 4.78 is 67.0. The van der Waals surface area contributed by atoms with Crippen molar-refractivity contribution in [2.24, 2.45) is 0 Å². The molecule has 190 valence electrons. The molecule has 2 aromatic rings. The van der Waals surface area contributed by atoms with E-state index in [-0.39, 0.29) is 17.1 Å². The molecular weight excluding hydrogens is 534 g/mol. The second kappa shape index (κ2) is 8.98. The normalized spacial score (nSPS) is 29.1. The van der Waals surface area contributed by atoms with Gasteiger partial charge in [-0.3, -0.25) is 18.9 Å². The molecule has 0 aromatic carbocycles. The minimum absolute atomic E-state index is 0.260. The molecule has 1 aliphatic rings. The van der Waals surface area contributed by atoms with Gasteiger partial charge in [0.2, 0.25) is 11.7 Å². The highest BCUT2D eigenvalue weighted by atomic mass is 31.3. The number of phosphoric acid groups is 3. The highest BCUT2D eigenvalue weighted by molar-refractivity contribution is 7.66. The van der Waals surface area contributed by atoms with E-state index in [2.05, 4.69) is 34.7 Å². The number of nitrogens with zero attached hydrogens (tertiary/aromatic N) is 3. The summed E-state index contributed by atoms with van der Waals surface area (Å²) in [5, 5.41) is 10.3. The Morgan fingerprint density at radius 1 is 1.29 bits per heavy atom. The first-order valence-electron chi connectivity index (χ1n) is 8.65. The predicted molar refractivity (Wildman–Crippen MR) is 106 cm³/mol. The number of hydrogen-bond donors (Lipinski definition) is 7. The summed E-state index contributed by atoms with van der Waals surface area (Å²) in [6.07, 6.45) is -4.35. The van der Waals surface area contributed by atoms with E-state index in [0.717, 1.165) is 17.0 Å². The minimum atomic E-state index is -5.79. The van der Waals surface area contributed by atoms with Gasteiger partial charge in [-0.25, -0.2) is 23.1 Å². The van der Waals surface area contributed by atoms with E-state index in [1.54, 1.807) is 0 Å². The van der Waals surface area contributed by atoms with Crippen LogP contribution in [-0.2, 0) is 37.3 Å². The Morgan fingerprint density at radius 2 is 1.94 bits per heavy atom. The van der Waals surface area contributed by atoms with Crippen LogP contribution >= 0.6 is 23.5 Å². The number of nitrogen functional groups attached to an aromatic ring is 1. The topological polar surface area (TPSA) is 279 Å². The zero-order chi connectivity index (χ0) is 25.7. The smallest absolute Gasteiger partial charge is 0.387 e. The molecule has 3 heterocycles. The van der Waals surface area contributed by atoms with Crippen molar-refractivity contribution < 1.29 is 60.6 Å². The molecular formula is C12H17FN5O13P3. The number of alkyl halides is 1. The standard InChI is InChI=1S/C12H17FN5O13P3/c1-2-12(18-4-15-6-9(18)16-11(14)17-10(6)20)8(13)7(19)5(29-12)3-28-33(24,25)31-34(26,27)30-32(21,22)23/h2,4-5,7-8,19H,1,3H2,(H,24,25)(H,26,27)(H2,21,22,23)(H3,14,16,17,20). The van der Waals surface area contributed by atoms with Gasteiger partial charge in [-0.2, -0.15) is 13.6 Å². The zero-order valence-electron chi connectivity index (χ0n) is 16.4. The minimum Gasteiger partial charge on any atom is -0.387 e. The lowest BCUT2D eigenvalue weighted by molar-refractivity contribution is -0.0961. The molecule has 8 N–H and O–H groups in total. The van der Waals surface area contributed by atoms with Crippen LogP contribution in [0.4, 0.5) is 10.3 Å². The first-order chi connectivity index (χ1) is 15.5. The fraction of sp³-hybridized carbons (Fsp3) is 0.417. The Balaban J connectivity index is 1.84.